The van der Waals surface area contributed by atoms with Crippen LogP contribution < -0.4 is 10.6 Å². The third-order valence-corrected chi connectivity index (χ3v) is 6.50. The first-order chi connectivity index (χ1) is 15.0. The van der Waals surface area contributed by atoms with Crippen LogP contribution in [0.5, 0.6) is 0 Å². The molecule has 0 spiro atoms. The minimum absolute atomic E-state index is 0.0289. The minimum atomic E-state index is -0.747. The lowest BCUT2D eigenvalue weighted by molar-refractivity contribution is -0.384. The number of carbonyl (C=O) groups excluding carboxylic acids is 2. The van der Waals surface area contributed by atoms with Crippen molar-refractivity contribution < 1.29 is 14.5 Å². The lowest BCUT2D eigenvalue weighted by Crippen LogP contribution is -2.54. The fourth-order valence-electron chi connectivity index (χ4n) is 4.02. The van der Waals surface area contributed by atoms with Crippen molar-refractivity contribution in [2.75, 3.05) is 19.6 Å². The van der Waals surface area contributed by atoms with Gasteiger partial charge in [0.1, 0.15) is 6.04 Å². The Bertz CT molecular complexity index is 822. The SMILES string of the molecule is CC1CCN(C(CNC(=O)C(NC(=O)c2ccc([N+](=O)[O-])cc2Cl)C(C)C)C(C)C)CC1. The molecule has 1 fully saturated rings. The molecule has 0 saturated carbocycles. The zero-order chi connectivity index (χ0) is 24.0. The van der Waals surface area contributed by atoms with Crippen LogP contribution in [0.2, 0.25) is 5.02 Å². The molecule has 2 N–H and O–H groups in total. The van der Waals surface area contributed by atoms with Crippen molar-refractivity contribution in [1.29, 1.82) is 0 Å². The maximum atomic E-state index is 13.0. The number of rotatable bonds is 9. The molecule has 2 rings (SSSR count). The Morgan fingerprint density at radius 3 is 2.31 bits per heavy atom. The number of nitro benzene ring substituents is 1. The first-order valence-corrected chi connectivity index (χ1v) is 11.7. The second-order valence-electron chi connectivity index (χ2n) is 9.39. The van der Waals surface area contributed by atoms with Gasteiger partial charge in [0.05, 0.1) is 15.5 Å². The molecule has 0 bridgehead atoms. The molecule has 2 unspecified atom stereocenters. The van der Waals surface area contributed by atoms with Gasteiger partial charge >= 0.3 is 0 Å². The average Bonchev–Trinajstić information content (AvgIpc) is 2.72. The fourth-order valence-corrected chi connectivity index (χ4v) is 4.28. The zero-order valence-electron chi connectivity index (χ0n) is 19.6. The Labute approximate surface area is 195 Å². The average molecular weight is 467 g/mol. The molecule has 1 heterocycles. The van der Waals surface area contributed by atoms with Crippen molar-refractivity contribution in [3.63, 3.8) is 0 Å². The summed E-state index contributed by atoms with van der Waals surface area (Å²) in [5, 5.41) is 16.6. The van der Waals surface area contributed by atoms with Gasteiger partial charge in [0.15, 0.2) is 0 Å². The molecule has 0 aliphatic carbocycles. The maximum absolute atomic E-state index is 13.0. The number of amides is 2. The summed E-state index contributed by atoms with van der Waals surface area (Å²) >= 11 is 6.07. The molecular weight excluding hydrogens is 432 g/mol. The number of nitrogens with zero attached hydrogens (tertiary/aromatic N) is 2. The van der Waals surface area contributed by atoms with Crippen molar-refractivity contribution in [1.82, 2.24) is 15.5 Å². The van der Waals surface area contributed by atoms with Gasteiger partial charge in [0, 0.05) is 24.7 Å². The van der Waals surface area contributed by atoms with Crippen LogP contribution >= 0.6 is 11.6 Å². The van der Waals surface area contributed by atoms with Crippen LogP contribution in [0.4, 0.5) is 5.69 Å². The maximum Gasteiger partial charge on any atom is 0.270 e. The van der Waals surface area contributed by atoms with Crippen molar-refractivity contribution in [3.05, 3.63) is 38.9 Å². The molecule has 0 aromatic heterocycles. The molecule has 1 aliphatic heterocycles. The van der Waals surface area contributed by atoms with Crippen LogP contribution in [0, 0.1) is 27.9 Å². The Balaban J connectivity index is 2.04. The molecule has 1 aliphatic rings. The zero-order valence-corrected chi connectivity index (χ0v) is 20.3. The highest BCUT2D eigenvalue weighted by atomic mass is 35.5. The summed E-state index contributed by atoms with van der Waals surface area (Å²) in [5.41, 5.74) is -0.102. The quantitative estimate of drug-likeness (QED) is 0.424. The van der Waals surface area contributed by atoms with Crippen molar-refractivity contribution in [3.8, 4) is 0 Å². The minimum Gasteiger partial charge on any atom is -0.353 e. The number of hydrogen-bond donors (Lipinski definition) is 2. The summed E-state index contributed by atoms with van der Waals surface area (Å²) < 4.78 is 0. The van der Waals surface area contributed by atoms with E-state index in [0.29, 0.717) is 12.5 Å². The predicted molar refractivity (Wildman–Crippen MR) is 126 cm³/mol. The number of halogens is 1. The Hall–Kier alpha value is -2.19. The lowest BCUT2D eigenvalue weighted by atomic mass is 9.94. The largest absolute Gasteiger partial charge is 0.353 e. The smallest absolute Gasteiger partial charge is 0.270 e. The highest BCUT2D eigenvalue weighted by molar-refractivity contribution is 6.34. The Morgan fingerprint density at radius 1 is 1.19 bits per heavy atom. The molecule has 0 radical (unpaired) electrons. The van der Waals surface area contributed by atoms with Gasteiger partial charge in [-0.1, -0.05) is 46.2 Å². The van der Waals surface area contributed by atoms with Gasteiger partial charge in [-0.25, -0.2) is 0 Å². The van der Waals surface area contributed by atoms with E-state index in [9.17, 15) is 19.7 Å². The van der Waals surface area contributed by atoms with E-state index < -0.39 is 16.9 Å². The standard InChI is InChI=1S/C23H35ClN4O4/c1-14(2)20(27-10-8-16(5)9-11-27)13-25-23(30)21(15(3)4)26-22(29)18-7-6-17(28(31)32)12-19(18)24/h6-7,12,14-16,20-21H,8-11,13H2,1-5H3,(H,25,30)(H,26,29). The molecule has 8 nitrogen and oxygen atoms in total. The molecule has 2 amide bonds. The van der Waals surface area contributed by atoms with Crippen LogP contribution in [0.3, 0.4) is 0 Å². The van der Waals surface area contributed by atoms with Gasteiger partial charge in [-0.2, -0.15) is 0 Å². The fraction of sp³-hybridized carbons (Fsp3) is 0.652. The second-order valence-corrected chi connectivity index (χ2v) is 9.80. The highest BCUT2D eigenvalue weighted by Gasteiger charge is 2.29. The van der Waals surface area contributed by atoms with E-state index >= 15 is 0 Å². The first kappa shape index (κ1) is 26.1. The second kappa shape index (κ2) is 11.6. The summed E-state index contributed by atoms with van der Waals surface area (Å²) in [7, 11) is 0. The number of carbonyl (C=O) groups is 2. The Kier molecular flexibility index (Phi) is 9.46. The molecule has 1 aromatic rings. The summed E-state index contributed by atoms with van der Waals surface area (Å²) in [4.78, 5) is 38.5. The number of hydrogen-bond acceptors (Lipinski definition) is 5. The summed E-state index contributed by atoms with van der Waals surface area (Å²) in [6.45, 7) is 12.9. The molecule has 178 valence electrons. The number of non-ortho nitro benzene ring substituents is 1. The molecule has 2 atom stereocenters. The van der Waals surface area contributed by atoms with Gasteiger partial charge in [0.25, 0.3) is 11.6 Å². The molecule has 9 heteroatoms. The van der Waals surface area contributed by atoms with Crippen molar-refractivity contribution in [2.24, 2.45) is 17.8 Å². The topological polar surface area (TPSA) is 105 Å². The number of nitrogens with one attached hydrogen (secondary N) is 2. The number of likely N-dealkylation sites (tertiary alicyclic amines) is 1. The van der Waals surface area contributed by atoms with E-state index in [2.05, 4.69) is 36.3 Å². The lowest BCUT2D eigenvalue weighted by Gasteiger charge is -2.39. The summed E-state index contributed by atoms with van der Waals surface area (Å²) in [5.74, 6) is 0.186. The predicted octanol–water partition coefficient (Wildman–Crippen LogP) is 3.88. The van der Waals surface area contributed by atoms with Crippen LogP contribution in [-0.4, -0.2) is 53.4 Å². The third-order valence-electron chi connectivity index (χ3n) is 6.19. The van der Waals surface area contributed by atoms with E-state index in [1.807, 2.05) is 13.8 Å². The highest BCUT2D eigenvalue weighted by Crippen LogP contribution is 2.23. The monoisotopic (exact) mass is 466 g/mol. The van der Waals surface area contributed by atoms with Crippen LogP contribution in [0.25, 0.3) is 0 Å². The van der Waals surface area contributed by atoms with Gasteiger partial charge in [-0.05, 0) is 49.8 Å². The summed E-state index contributed by atoms with van der Waals surface area (Å²) in [6.07, 6.45) is 2.33. The van der Waals surface area contributed by atoms with Gasteiger partial charge in [-0.3, -0.25) is 24.6 Å². The van der Waals surface area contributed by atoms with Crippen molar-refractivity contribution in [2.45, 2.75) is 59.5 Å². The first-order valence-electron chi connectivity index (χ1n) is 11.3. The van der Waals surface area contributed by atoms with E-state index in [0.717, 1.165) is 37.9 Å². The van der Waals surface area contributed by atoms with Gasteiger partial charge in [-0.15, -0.1) is 0 Å². The van der Waals surface area contributed by atoms with E-state index in [1.54, 1.807) is 0 Å². The normalized spacial score (nSPS) is 17.2. The number of nitro groups is 1. The molecule has 1 saturated heterocycles. The van der Waals surface area contributed by atoms with Gasteiger partial charge in [0.2, 0.25) is 5.91 Å². The number of benzene rings is 1. The molecule has 32 heavy (non-hydrogen) atoms. The van der Waals surface area contributed by atoms with Crippen LogP contribution in [0.15, 0.2) is 18.2 Å². The van der Waals surface area contributed by atoms with E-state index in [4.69, 9.17) is 11.6 Å². The molecule has 1 aromatic carbocycles. The Morgan fingerprint density at radius 2 is 1.81 bits per heavy atom. The van der Waals surface area contributed by atoms with E-state index in [1.165, 1.54) is 12.1 Å². The van der Waals surface area contributed by atoms with Crippen molar-refractivity contribution >= 4 is 29.1 Å². The third kappa shape index (κ3) is 6.90. The molecular formula is C23H35ClN4O4. The van der Waals surface area contributed by atoms with Gasteiger partial charge < -0.3 is 10.6 Å². The van der Waals surface area contributed by atoms with E-state index in [-0.39, 0.29) is 34.1 Å². The van der Waals surface area contributed by atoms with Crippen LogP contribution in [0.1, 0.15) is 57.8 Å². The summed E-state index contributed by atoms with van der Waals surface area (Å²) in [6, 6.07) is 3.14. The number of piperidine rings is 1. The van der Waals surface area contributed by atoms with Crippen LogP contribution in [-0.2, 0) is 4.79 Å².